The Labute approximate surface area is 235 Å². The number of benzene rings is 1. The number of carbonyl (C=O) groups excluding carboxylic acids is 4. The lowest BCUT2D eigenvalue weighted by atomic mass is 10.0. The van der Waals surface area contributed by atoms with Crippen molar-refractivity contribution in [1.82, 2.24) is 31.4 Å². The van der Waals surface area contributed by atoms with Gasteiger partial charge in [0.05, 0.1) is 11.7 Å². The van der Waals surface area contributed by atoms with Gasteiger partial charge < -0.3 is 16.0 Å². The van der Waals surface area contributed by atoms with Gasteiger partial charge in [0.25, 0.3) is 5.91 Å². The summed E-state index contributed by atoms with van der Waals surface area (Å²) in [7, 11) is 0. The first kappa shape index (κ1) is 30.5. The van der Waals surface area contributed by atoms with Gasteiger partial charge in [0.15, 0.2) is 0 Å². The van der Waals surface area contributed by atoms with E-state index in [4.69, 9.17) is 0 Å². The average molecular weight is 549 g/mol. The maximum absolute atomic E-state index is 13.1. The lowest BCUT2D eigenvalue weighted by Gasteiger charge is -2.35. The Balaban J connectivity index is 1.59. The highest BCUT2D eigenvalue weighted by Crippen LogP contribution is 2.21. The number of hydrogen-bond donors (Lipinski definition) is 4. The SMILES string of the molecule is C=CCC(=O)N[C@H](C(=O)N[C@@H](C)C(=O)N1CCC[C@@H](C(=O)N[C@H](C)c2ccc3cnc(C=C)cc3c2)N1)C(C)C. The Hall–Kier alpha value is -4.05. The molecule has 1 aromatic carbocycles. The molecule has 10 heteroatoms. The normalized spacial score (nSPS) is 17.4. The van der Waals surface area contributed by atoms with Gasteiger partial charge in [0.1, 0.15) is 18.1 Å². The van der Waals surface area contributed by atoms with Crippen LogP contribution in [-0.4, -0.2) is 58.3 Å². The molecule has 1 aliphatic heterocycles. The van der Waals surface area contributed by atoms with Crippen LogP contribution in [0, 0.1) is 5.92 Å². The molecule has 2 aromatic rings. The van der Waals surface area contributed by atoms with Crippen LogP contribution < -0.4 is 21.4 Å². The fraction of sp³-hybridized carbons (Fsp3) is 0.433. The van der Waals surface area contributed by atoms with Gasteiger partial charge in [-0.3, -0.25) is 29.2 Å². The number of rotatable bonds is 11. The van der Waals surface area contributed by atoms with Gasteiger partial charge >= 0.3 is 0 Å². The summed E-state index contributed by atoms with van der Waals surface area (Å²) in [5.74, 6) is -1.51. The molecule has 214 valence electrons. The smallest absolute Gasteiger partial charge is 0.258 e. The predicted molar refractivity (Wildman–Crippen MR) is 155 cm³/mol. The monoisotopic (exact) mass is 548 g/mol. The quantitative estimate of drug-likeness (QED) is 0.319. The summed E-state index contributed by atoms with van der Waals surface area (Å²) in [5, 5.41) is 11.8. The zero-order valence-corrected chi connectivity index (χ0v) is 23.7. The molecule has 1 aliphatic rings. The Kier molecular flexibility index (Phi) is 10.6. The first-order chi connectivity index (χ1) is 19.0. The Morgan fingerprint density at radius 3 is 2.50 bits per heavy atom. The number of hydrogen-bond acceptors (Lipinski definition) is 6. The van der Waals surface area contributed by atoms with Crippen molar-refractivity contribution in [3.8, 4) is 0 Å². The van der Waals surface area contributed by atoms with E-state index in [1.165, 1.54) is 11.1 Å². The van der Waals surface area contributed by atoms with Crippen molar-refractivity contribution in [1.29, 1.82) is 0 Å². The van der Waals surface area contributed by atoms with Crippen LogP contribution in [0.25, 0.3) is 16.8 Å². The molecule has 0 aliphatic carbocycles. The Morgan fingerprint density at radius 1 is 1.07 bits per heavy atom. The molecule has 0 radical (unpaired) electrons. The second-order valence-corrected chi connectivity index (χ2v) is 10.5. The summed E-state index contributed by atoms with van der Waals surface area (Å²) < 4.78 is 0. The van der Waals surface area contributed by atoms with E-state index in [0.717, 1.165) is 22.0 Å². The zero-order valence-electron chi connectivity index (χ0n) is 23.7. The Bertz CT molecular complexity index is 1280. The van der Waals surface area contributed by atoms with Gasteiger partial charge in [-0.05, 0) is 61.8 Å². The number of carbonyl (C=O) groups is 4. The van der Waals surface area contributed by atoms with Crippen LogP contribution in [0.15, 0.2) is 49.7 Å². The highest BCUT2D eigenvalue weighted by molar-refractivity contribution is 5.92. The van der Waals surface area contributed by atoms with E-state index in [2.05, 4.69) is 39.5 Å². The minimum absolute atomic E-state index is 0.0966. The standard InChI is InChI=1S/C30H40N6O4/c1-7-10-26(37)34-27(18(3)4)29(39)33-20(6)30(40)36-14-9-11-25(35-36)28(38)32-19(5)21-12-13-22-17-31-24(8-2)16-23(22)15-21/h7-8,12-13,15-20,25,27,35H,1-2,9-11,14H2,3-6H3,(H,32,38)(H,33,39)(H,34,37)/t19-,20+,25+,27+/m1/s1. The third kappa shape index (κ3) is 7.75. The van der Waals surface area contributed by atoms with Gasteiger partial charge in [0.2, 0.25) is 17.7 Å². The molecule has 1 aromatic heterocycles. The van der Waals surface area contributed by atoms with Crippen LogP contribution in [0.4, 0.5) is 0 Å². The van der Waals surface area contributed by atoms with Gasteiger partial charge in [-0.15, -0.1) is 6.58 Å². The topological polar surface area (TPSA) is 133 Å². The van der Waals surface area contributed by atoms with Crippen molar-refractivity contribution in [3.05, 3.63) is 61.0 Å². The first-order valence-corrected chi connectivity index (χ1v) is 13.6. The molecule has 1 saturated heterocycles. The van der Waals surface area contributed by atoms with Crippen LogP contribution in [0.3, 0.4) is 0 Å². The van der Waals surface area contributed by atoms with Gasteiger partial charge in [-0.1, -0.05) is 38.6 Å². The first-order valence-electron chi connectivity index (χ1n) is 13.6. The van der Waals surface area contributed by atoms with Crippen molar-refractivity contribution in [2.24, 2.45) is 5.92 Å². The maximum atomic E-state index is 13.1. The molecule has 4 N–H and O–H groups in total. The minimum Gasteiger partial charge on any atom is -0.348 e. The molecule has 1 fully saturated rings. The number of nitrogens with zero attached hydrogens (tertiary/aromatic N) is 2. The van der Waals surface area contributed by atoms with E-state index in [1.807, 2.05) is 45.0 Å². The van der Waals surface area contributed by atoms with Crippen molar-refractivity contribution >= 4 is 40.5 Å². The van der Waals surface area contributed by atoms with Crippen molar-refractivity contribution in [3.63, 3.8) is 0 Å². The lowest BCUT2D eigenvalue weighted by molar-refractivity contribution is -0.143. The van der Waals surface area contributed by atoms with Crippen molar-refractivity contribution < 1.29 is 19.2 Å². The molecular formula is C30H40N6O4. The lowest BCUT2D eigenvalue weighted by Crippen LogP contribution is -2.62. The molecule has 0 unspecified atom stereocenters. The highest BCUT2D eigenvalue weighted by atomic mass is 16.2. The van der Waals surface area contributed by atoms with E-state index in [1.54, 1.807) is 19.2 Å². The summed E-state index contributed by atoms with van der Waals surface area (Å²) >= 11 is 0. The molecule has 4 atom stereocenters. The Morgan fingerprint density at radius 2 is 1.82 bits per heavy atom. The van der Waals surface area contributed by atoms with E-state index in [0.29, 0.717) is 19.4 Å². The molecule has 4 amide bonds. The highest BCUT2D eigenvalue weighted by Gasteiger charge is 2.33. The van der Waals surface area contributed by atoms with Gasteiger partial charge in [-0.25, -0.2) is 5.43 Å². The van der Waals surface area contributed by atoms with Crippen LogP contribution in [-0.2, 0) is 19.2 Å². The second kappa shape index (κ2) is 13.8. The van der Waals surface area contributed by atoms with E-state index < -0.39 is 24.0 Å². The molecule has 3 rings (SSSR count). The fourth-order valence-electron chi connectivity index (χ4n) is 4.59. The van der Waals surface area contributed by atoms with Crippen LogP contribution in [0.2, 0.25) is 0 Å². The summed E-state index contributed by atoms with van der Waals surface area (Å²) in [6.07, 6.45) is 6.24. The zero-order chi connectivity index (χ0) is 29.4. The molecule has 0 saturated carbocycles. The van der Waals surface area contributed by atoms with Crippen LogP contribution in [0.1, 0.15) is 64.3 Å². The molecule has 40 heavy (non-hydrogen) atoms. The largest absolute Gasteiger partial charge is 0.348 e. The van der Waals surface area contributed by atoms with E-state index >= 15 is 0 Å². The third-order valence-electron chi connectivity index (χ3n) is 6.93. The molecule has 10 nitrogen and oxygen atoms in total. The number of hydrazine groups is 1. The molecular weight excluding hydrogens is 508 g/mol. The van der Waals surface area contributed by atoms with Crippen LogP contribution in [0.5, 0.6) is 0 Å². The third-order valence-corrected chi connectivity index (χ3v) is 6.93. The number of fused-ring (bicyclic) bond motifs is 1. The van der Waals surface area contributed by atoms with Gasteiger partial charge in [-0.2, -0.15) is 0 Å². The number of pyridine rings is 1. The fourth-order valence-corrected chi connectivity index (χ4v) is 4.59. The summed E-state index contributed by atoms with van der Waals surface area (Å²) in [5.41, 5.74) is 4.75. The minimum atomic E-state index is -0.856. The predicted octanol–water partition coefficient (Wildman–Crippen LogP) is 2.77. The number of amides is 4. The molecule has 0 spiro atoms. The van der Waals surface area contributed by atoms with Gasteiger partial charge in [0, 0.05) is 24.5 Å². The summed E-state index contributed by atoms with van der Waals surface area (Å²) in [4.78, 5) is 55.4. The van der Waals surface area contributed by atoms with Crippen molar-refractivity contribution in [2.75, 3.05) is 6.54 Å². The summed E-state index contributed by atoms with van der Waals surface area (Å²) in [6.45, 7) is 14.8. The van der Waals surface area contributed by atoms with Crippen LogP contribution >= 0.6 is 0 Å². The summed E-state index contributed by atoms with van der Waals surface area (Å²) in [6, 6.07) is 5.41. The molecule has 0 bridgehead atoms. The number of nitrogens with one attached hydrogen (secondary N) is 4. The maximum Gasteiger partial charge on any atom is 0.258 e. The average Bonchev–Trinajstić information content (AvgIpc) is 2.94. The number of aromatic nitrogens is 1. The molecule has 2 heterocycles. The second-order valence-electron chi connectivity index (χ2n) is 10.5. The van der Waals surface area contributed by atoms with E-state index in [9.17, 15) is 19.2 Å². The van der Waals surface area contributed by atoms with Crippen molar-refractivity contribution in [2.45, 2.75) is 71.1 Å². The van der Waals surface area contributed by atoms with E-state index in [-0.39, 0.29) is 36.1 Å².